The van der Waals surface area contributed by atoms with E-state index < -0.39 is 9.84 Å². The van der Waals surface area contributed by atoms with Crippen molar-refractivity contribution in [2.75, 3.05) is 0 Å². The largest absolute Gasteiger partial charge is 0.218 e. The van der Waals surface area contributed by atoms with Crippen molar-refractivity contribution in [3.63, 3.8) is 0 Å². The molecule has 0 aliphatic carbocycles. The van der Waals surface area contributed by atoms with Gasteiger partial charge in [0.05, 0.1) is 9.23 Å². The molecule has 2 nitrogen and oxygen atoms in total. The highest BCUT2D eigenvalue weighted by Gasteiger charge is 2.19. The molecule has 0 aliphatic heterocycles. The molecule has 0 amide bonds. The predicted octanol–water partition coefficient (Wildman–Crippen LogP) is 3.89. The van der Waals surface area contributed by atoms with Crippen LogP contribution in [0.25, 0.3) is 0 Å². The SMILES string of the molecule is O=S(=O)(c1ccc(Cl)cc1)c1ccc(Cl)s1. The zero-order valence-electron chi connectivity index (χ0n) is 7.85. The standard InChI is InChI=1S/C10H6Cl2O2S2/c11-7-1-3-8(4-2-7)16(13,14)10-6-5-9(12)15-10/h1-6H. The van der Waals surface area contributed by atoms with Gasteiger partial charge in [-0.3, -0.25) is 0 Å². The van der Waals surface area contributed by atoms with Crippen LogP contribution in [-0.4, -0.2) is 8.42 Å². The molecule has 16 heavy (non-hydrogen) atoms. The summed E-state index contributed by atoms with van der Waals surface area (Å²) >= 11 is 12.4. The highest BCUT2D eigenvalue weighted by atomic mass is 35.5. The molecule has 1 aromatic heterocycles. The molecule has 2 rings (SSSR count). The van der Waals surface area contributed by atoms with Crippen molar-refractivity contribution in [3.05, 3.63) is 45.8 Å². The topological polar surface area (TPSA) is 34.1 Å². The number of halogens is 2. The van der Waals surface area contributed by atoms with E-state index >= 15 is 0 Å². The fraction of sp³-hybridized carbons (Fsp3) is 0. The average molecular weight is 293 g/mol. The first-order chi connectivity index (χ1) is 7.50. The van der Waals surface area contributed by atoms with E-state index in [9.17, 15) is 8.42 Å². The minimum Gasteiger partial charge on any atom is -0.218 e. The minimum atomic E-state index is -3.46. The smallest absolute Gasteiger partial charge is 0.216 e. The van der Waals surface area contributed by atoms with E-state index in [0.717, 1.165) is 11.3 Å². The van der Waals surface area contributed by atoms with Crippen molar-refractivity contribution in [1.29, 1.82) is 0 Å². The Morgan fingerprint density at radius 2 is 1.56 bits per heavy atom. The molecule has 0 saturated carbocycles. The quantitative estimate of drug-likeness (QED) is 0.842. The van der Waals surface area contributed by atoms with Gasteiger partial charge in [0, 0.05) is 5.02 Å². The van der Waals surface area contributed by atoms with Crippen LogP contribution in [0.2, 0.25) is 9.36 Å². The summed E-state index contributed by atoms with van der Waals surface area (Å²) in [6.07, 6.45) is 0. The molecule has 0 aliphatic rings. The van der Waals surface area contributed by atoms with Crippen LogP contribution < -0.4 is 0 Å². The van der Waals surface area contributed by atoms with Crippen LogP contribution in [0.5, 0.6) is 0 Å². The maximum Gasteiger partial charge on any atom is 0.216 e. The van der Waals surface area contributed by atoms with Gasteiger partial charge in [-0.05, 0) is 36.4 Å². The summed E-state index contributed by atoms with van der Waals surface area (Å²) in [5.41, 5.74) is 0. The molecule has 0 N–H and O–H groups in total. The molecule has 0 atom stereocenters. The van der Waals surface area contributed by atoms with Gasteiger partial charge in [-0.15, -0.1) is 11.3 Å². The summed E-state index contributed by atoms with van der Waals surface area (Å²) in [7, 11) is -3.46. The van der Waals surface area contributed by atoms with Crippen molar-refractivity contribution < 1.29 is 8.42 Å². The summed E-state index contributed by atoms with van der Waals surface area (Å²) in [4.78, 5) is 0.218. The monoisotopic (exact) mass is 292 g/mol. The van der Waals surface area contributed by atoms with Gasteiger partial charge in [0.25, 0.3) is 0 Å². The minimum absolute atomic E-state index is 0.218. The molecular weight excluding hydrogens is 287 g/mol. The zero-order valence-corrected chi connectivity index (χ0v) is 11.0. The van der Waals surface area contributed by atoms with Gasteiger partial charge in [0.2, 0.25) is 9.84 Å². The second-order valence-electron chi connectivity index (χ2n) is 3.02. The Hall–Kier alpha value is -0.550. The van der Waals surface area contributed by atoms with Gasteiger partial charge in [0.15, 0.2) is 0 Å². The Kier molecular flexibility index (Phi) is 3.26. The van der Waals surface area contributed by atoms with Crippen molar-refractivity contribution in [2.45, 2.75) is 9.10 Å². The lowest BCUT2D eigenvalue weighted by Crippen LogP contribution is -1.98. The van der Waals surface area contributed by atoms with Crippen LogP contribution in [0.3, 0.4) is 0 Å². The molecule has 0 saturated heterocycles. The Labute approximate surface area is 107 Å². The lowest BCUT2D eigenvalue weighted by Gasteiger charge is -2.01. The van der Waals surface area contributed by atoms with Gasteiger partial charge < -0.3 is 0 Å². The molecule has 1 aromatic carbocycles. The van der Waals surface area contributed by atoms with Crippen LogP contribution in [0, 0.1) is 0 Å². The predicted molar refractivity (Wildman–Crippen MR) is 66.2 cm³/mol. The van der Waals surface area contributed by atoms with Gasteiger partial charge in [-0.2, -0.15) is 0 Å². The van der Waals surface area contributed by atoms with Crippen LogP contribution >= 0.6 is 34.5 Å². The first-order valence-electron chi connectivity index (χ1n) is 4.26. The molecule has 84 valence electrons. The molecule has 1 heterocycles. The van der Waals surface area contributed by atoms with E-state index in [1.54, 1.807) is 18.2 Å². The van der Waals surface area contributed by atoms with Gasteiger partial charge in [0.1, 0.15) is 4.21 Å². The molecular formula is C10H6Cl2O2S2. The number of hydrogen-bond donors (Lipinski definition) is 0. The number of thiophene rings is 1. The molecule has 0 bridgehead atoms. The molecule has 0 unspecified atom stereocenters. The van der Waals surface area contributed by atoms with Crippen molar-refractivity contribution in [3.8, 4) is 0 Å². The van der Waals surface area contributed by atoms with Crippen molar-refractivity contribution in [1.82, 2.24) is 0 Å². The van der Waals surface area contributed by atoms with Gasteiger partial charge in [-0.1, -0.05) is 23.2 Å². The van der Waals surface area contributed by atoms with Crippen LogP contribution in [0.1, 0.15) is 0 Å². The number of rotatable bonds is 2. The van der Waals surface area contributed by atoms with Crippen molar-refractivity contribution >= 4 is 44.4 Å². The number of sulfone groups is 1. The Morgan fingerprint density at radius 1 is 0.938 bits per heavy atom. The van der Waals surface area contributed by atoms with Crippen molar-refractivity contribution in [2.24, 2.45) is 0 Å². The Balaban J connectivity index is 2.51. The van der Waals surface area contributed by atoms with E-state index in [4.69, 9.17) is 23.2 Å². The fourth-order valence-corrected chi connectivity index (χ4v) is 4.18. The molecule has 0 radical (unpaired) electrons. The summed E-state index contributed by atoms with van der Waals surface area (Å²) in [6, 6.07) is 9.11. The van der Waals surface area contributed by atoms with E-state index in [0.29, 0.717) is 9.36 Å². The first-order valence-corrected chi connectivity index (χ1v) is 7.32. The highest BCUT2D eigenvalue weighted by molar-refractivity contribution is 7.93. The fourth-order valence-electron chi connectivity index (χ4n) is 1.17. The normalized spacial score (nSPS) is 11.6. The molecule has 2 aromatic rings. The number of hydrogen-bond acceptors (Lipinski definition) is 3. The maximum absolute atomic E-state index is 12.1. The van der Waals surface area contributed by atoms with Gasteiger partial charge >= 0.3 is 0 Å². The third-order valence-electron chi connectivity index (χ3n) is 1.94. The lowest BCUT2D eigenvalue weighted by molar-refractivity contribution is 0.598. The first kappa shape index (κ1) is 11.9. The lowest BCUT2D eigenvalue weighted by atomic mass is 10.4. The summed E-state index contributed by atoms with van der Waals surface area (Å²) in [6.45, 7) is 0. The Morgan fingerprint density at radius 3 is 2.06 bits per heavy atom. The van der Waals surface area contributed by atoms with E-state index in [-0.39, 0.29) is 9.10 Å². The average Bonchev–Trinajstić information content (AvgIpc) is 2.66. The van der Waals surface area contributed by atoms with E-state index in [1.165, 1.54) is 18.2 Å². The molecule has 0 spiro atoms. The maximum atomic E-state index is 12.1. The third kappa shape index (κ3) is 2.25. The Bertz CT molecular complexity index is 600. The van der Waals surface area contributed by atoms with Crippen LogP contribution in [-0.2, 0) is 9.84 Å². The summed E-state index contributed by atoms with van der Waals surface area (Å²) in [5.74, 6) is 0. The van der Waals surface area contributed by atoms with E-state index in [2.05, 4.69) is 0 Å². The molecule has 0 fully saturated rings. The second-order valence-corrected chi connectivity index (χ2v) is 7.34. The summed E-state index contributed by atoms with van der Waals surface area (Å²) < 4.78 is 24.8. The zero-order chi connectivity index (χ0) is 11.8. The highest BCUT2D eigenvalue weighted by Crippen LogP contribution is 2.30. The van der Waals surface area contributed by atoms with Gasteiger partial charge in [-0.25, -0.2) is 8.42 Å². The number of benzene rings is 1. The van der Waals surface area contributed by atoms with Crippen LogP contribution in [0.4, 0.5) is 0 Å². The second kappa shape index (κ2) is 4.37. The third-order valence-corrected chi connectivity index (χ3v) is 5.68. The van der Waals surface area contributed by atoms with Crippen LogP contribution in [0.15, 0.2) is 45.5 Å². The summed E-state index contributed by atoms with van der Waals surface area (Å²) in [5, 5.41) is 0.503. The van der Waals surface area contributed by atoms with E-state index in [1.807, 2.05) is 0 Å². The molecule has 6 heteroatoms.